The van der Waals surface area contributed by atoms with Crippen LogP contribution in [-0.2, 0) is 0 Å². The summed E-state index contributed by atoms with van der Waals surface area (Å²) in [6.45, 7) is 4.36. The predicted octanol–water partition coefficient (Wildman–Crippen LogP) is 7.00. The lowest BCUT2D eigenvalue weighted by molar-refractivity contribution is 0.0979. The Morgan fingerprint density at radius 1 is 0.771 bits per heavy atom. The predicted molar refractivity (Wildman–Crippen MR) is 140 cm³/mol. The standard InChI is InChI=1S/C29H21N3O2S/c1-16(2)17-7-9-18(10-8-17)24-14-35-29-25(24)28(30-15-31-29)32-19-11-12-22-23(13-19)27(34)21-6-4-3-5-20(21)26(22)33/h3-16H,1-2H3,(H,30,31,32). The lowest BCUT2D eigenvalue weighted by Gasteiger charge is -2.18. The van der Waals surface area contributed by atoms with Crippen molar-refractivity contribution in [1.82, 2.24) is 9.97 Å². The highest BCUT2D eigenvalue weighted by molar-refractivity contribution is 7.17. The molecule has 5 nitrogen and oxygen atoms in total. The molecule has 5 aromatic rings. The van der Waals surface area contributed by atoms with Gasteiger partial charge in [-0.3, -0.25) is 9.59 Å². The fraction of sp³-hybridized carbons (Fsp3) is 0.103. The summed E-state index contributed by atoms with van der Waals surface area (Å²) in [7, 11) is 0. The molecule has 0 saturated heterocycles. The Morgan fingerprint density at radius 3 is 2.17 bits per heavy atom. The summed E-state index contributed by atoms with van der Waals surface area (Å²) < 4.78 is 0. The minimum atomic E-state index is -0.145. The molecule has 1 aliphatic rings. The molecule has 0 amide bonds. The first-order valence-electron chi connectivity index (χ1n) is 11.4. The first kappa shape index (κ1) is 21.4. The van der Waals surface area contributed by atoms with Gasteiger partial charge >= 0.3 is 0 Å². The number of anilines is 2. The number of rotatable bonds is 4. The van der Waals surface area contributed by atoms with Crippen molar-refractivity contribution < 1.29 is 9.59 Å². The van der Waals surface area contributed by atoms with E-state index in [0.717, 1.165) is 21.3 Å². The molecule has 0 spiro atoms. The summed E-state index contributed by atoms with van der Waals surface area (Å²) in [4.78, 5) is 35.9. The van der Waals surface area contributed by atoms with Gasteiger partial charge < -0.3 is 5.32 Å². The van der Waals surface area contributed by atoms with Crippen LogP contribution >= 0.6 is 11.3 Å². The third-order valence-corrected chi connectivity index (χ3v) is 7.33. The van der Waals surface area contributed by atoms with E-state index in [1.54, 1.807) is 47.7 Å². The number of fused-ring (bicyclic) bond motifs is 3. The molecule has 1 N–H and O–H groups in total. The number of benzene rings is 3. The van der Waals surface area contributed by atoms with Crippen molar-refractivity contribution in [2.45, 2.75) is 19.8 Å². The highest BCUT2D eigenvalue weighted by atomic mass is 32.1. The summed E-state index contributed by atoms with van der Waals surface area (Å²) >= 11 is 1.57. The Bertz CT molecular complexity index is 1630. The number of nitrogens with zero attached hydrogens (tertiary/aromatic N) is 2. The Balaban J connectivity index is 1.40. The van der Waals surface area contributed by atoms with E-state index < -0.39 is 0 Å². The highest BCUT2D eigenvalue weighted by Gasteiger charge is 2.29. The molecule has 1 aliphatic carbocycles. The Hall–Kier alpha value is -4.16. The van der Waals surface area contributed by atoms with E-state index in [1.165, 1.54) is 11.9 Å². The number of aromatic nitrogens is 2. The maximum Gasteiger partial charge on any atom is 0.194 e. The maximum atomic E-state index is 13.1. The molecule has 0 fully saturated rings. The van der Waals surface area contributed by atoms with Crippen LogP contribution < -0.4 is 5.32 Å². The minimum absolute atomic E-state index is 0.129. The molecular weight excluding hydrogens is 454 g/mol. The molecule has 2 aromatic heterocycles. The topological polar surface area (TPSA) is 72.0 Å². The zero-order chi connectivity index (χ0) is 24.1. The number of hydrogen-bond acceptors (Lipinski definition) is 6. The molecule has 0 radical (unpaired) electrons. The van der Waals surface area contributed by atoms with E-state index in [1.807, 2.05) is 6.07 Å². The fourth-order valence-electron chi connectivity index (χ4n) is 4.54. The van der Waals surface area contributed by atoms with Crippen molar-refractivity contribution in [3.8, 4) is 11.1 Å². The lowest BCUT2D eigenvalue weighted by atomic mass is 9.84. The van der Waals surface area contributed by atoms with Gasteiger partial charge in [-0.05, 0) is 35.2 Å². The summed E-state index contributed by atoms with van der Waals surface area (Å²) in [6.07, 6.45) is 1.54. The van der Waals surface area contributed by atoms with Crippen molar-refractivity contribution in [2.75, 3.05) is 5.32 Å². The van der Waals surface area contributed by atoms with Crippen LogP contribution in [0.15, 0.2) is 78.4 Å². The second kappa shape index (κ2) is 8.25. The molecule has 3 aromatic carbocycles. The van der Waals surface area contributed by atoms with Crippen LogP contribution in [0.25, 0.3) is 21.3 Å². The minimum Gasteiger partial charge on any atom is -0.340 e. The number of carbonyl (C=O) groups is 2. The Morgan fingerprint density at radius 2 is 1.46 bits per heavy atom. The zero-order valence-corrected chi connectivity index (χ0v) is 20.0. The third kappa shape index (κ3) is 3.54. The zero-order valence-electron chi connectivity index (χ0n) is 19.2. The molecular formula is C29H21N3O2S. The Labute approximate surface area is 206 Å². The van der Waals surface area contributed by atoms with Crippen molar-refractivity contribution >= 4 is 44.6 Å². The van der Waals surface area contributed by atoms with Crippen LogP contribution in [0.1, 0.15) is 57.2 Å². The van der Waals surface area contributed by atoms with Crippen LogP contribution in [0.5, 0.6) is 0 Å². The summed E-state index contributed by atoms with van der Waals surface area (Å²) in [5, 5.41) is 6.40. The Kier molecular flexibility index (Phi) is 5.04. The molecule has 0 unspecified atom stereocenters. The lowest BCUT2D eigenvalue weighted by Crippen LogP contribution is -2.20. The number of ketones is 2. The average molecular weight is 476 g/mol. The van der Waals surface area contributed by atoms with Gasteiger partial charge in [0, 0.05) is 38.9 Å². The molecule has 0 atom stereocenters. The van der Waals surface area contributed by atoms with Crippen molar-refractivity contribution in [3.05, 3.63) is 106 Å². The first-order chi connectivity index (χ1) is 17.0. The van der Waals surface area contributed by atoms with Gasteiger partial charge in [-0.1, -0.05) is 62.4 Å². The largest absolute Gasteiger partial charge is 0.340 e. The number of nitrogens with one attached hydrogen (secondary N) is 1. The second-order valence-electron chi connectivity index (χ2n) is 8.92. The molecule has 0 bridgehead atoms. The van der Waals surface area contributed by atoms with E-state index in [-0.39, 0.29) is 11.6 Å². The average Bonchev–Trinajstić information content (AvgIpc) is 3.33. The van der Waals surface area contributed by atoms with Gasteiger partial charge in [-0.2, -0.15) is 0 Å². The van der Waals surface area contributed by atoms with Crippen LogP contribution in [0.3, 0.4) is 0 Å². The molecule has 6 rings (SSSR count). The van der Waals surface area contributed by atoms with Crippen molar-refractivity contribution in [3.63, 3.8) is 0 Å². The van der Waals surface area contributed by atoms with Gasteiger partial charge in [0.2, 0.25) is 0 Å². The van der Waals surface area contributed by atoms with E-state index in [4.69, 9.17) is 0 Å². The summed E-state index contributed by atoms with van der Waals surface area (Å²) in [5.74, 6) is 0.854. The molecule has 2 heterocycles. The summed E-state index contributed by atoms with van der Waals surface area (Å²) in [5.41, 5.74) is 5.86. The smallest absolute Gasteiger partial charge is 0.194 e. The van der Waals surface area contributed by atoms with Crippen LogP contribution in [0.4, 0.5) is 11.5 Å². The number of carbonyl (C=O) groups excluding carboxylic acids is 2. The normalized spacial score (nSPS) is 12.7. The number of hydrogen-bond donors (Lipinski definition) is 1. The van der Waals surface area contributed by atoms with E-state index in [9.17, 15) is 9.59 Å². The molecule has 0 aliphatic heterocycles. The SMILES string of the molecule is CC(C)c1ccc(-c2csc3ncnc(Nc4ccc5c(c4)C(=O)c4ccccc4C5=O)c23)cc1. The van der Waals surface area contributed by atoms with Crippen LogP contribution in [0.2, 0.25) is 0 Å². The number of thiophene rings is 1. The highest BCUT2D eigenvalue weighted by Crippen LogP contribution is 2.38. The third-order valence-electron chi connectivity index (χ3n) is 6.45. The second-order valence-corrected chi connectivity index (χ2v) is 9.78. The fourth-order valence-corrected chi connectivity index (χ4v) is 5.46. The maximum absolute atomic E-state index is 13.1. The van der Waals surface area contributed by atoms with E-state index >= 15 is 0 Å². The van der Waals surface area contributed by atoms with Gasteiger partial charge in [-0.25, -0.2) is 9.97 Å². The molecule has 6 heteroatoms. The van der Waals surface area contributed by atoms with Crippen LogP contribution in [-0.4, -0.2) is 21.5 Å². The van der Waals surface area contributed by atoms with Crippen molar-refractivity contribution in [1.29, 1.82) is 0 Å². The molecule has 35 heavy (non-hydrogen) atoms. The van der Waals surface area contributed by atoms with E-state index in [0.29, 0.717) is 39.7 Å². The first-order valence-corrected chi connectivity index (χ1v) is 12.3. The van der Waals surface area contributed by atoms with Gasteiger partial charge in [0.1, 0.15) is 17.0 Å². The van der Waals surface area contributed by atoms with Crippen molar-refractivity contribution in [2.24, 2.45) is 0 Å². The molecule has 0 saturated carbocycles. The van der Waals surface area contributed by atoms with Gasteiger partial charge in [0.05, 0.1) is 5.39 Å². The van der Waals surface area contributed by atoms with Gasteiger partial charge in [0.15, 0.2) is 11.6 Å². The summed E-state index contributed by atoms with van der Waals surface area (Å²) in [6, 6.07) is 20.8. The van der Waals surface area contributed by atoms with Gasteiger partial charge in [-0.15, -0.1) is 11.3 Å². The molecule has 170 valence electrons. The quantitative estimate of drug-likeness (QED) is 0.297. The van der Waals surface area contributed by atoms with E-state index in [2.05, 4.69) is 58.8 Å². The monoisotopic (exact) mass is 475 g/mol. The van der Waals surface area contributed by atoms with Gasteiger partial charge in [0.25, 0.3) is 0 Å². The van der Waals surface area contributed by atoms with Crippen LogP contribution in [0, 0.1) is 0 Å².